The van der Waals surface area contributed by atoms with Crippen LogP contribution in [0.4, 0.5) is 0 Å². The van der Waals surface area contributed by atoms with Gasteiger partial charge in [0.05, 0.1) is 6.61 Å². The SMILES string of the molecule is CCC.CCC.CCC.O=C(CCCCCC1CC/C=C\CCCCOCCNC1=O)NO. The Morgan fingerprint density at radius 3 is 2.18 bits per heavy atom. The summed E-state index contributed by atoms with van der Waals surface area (Å²) in [4.78, 5) is 23.3. The molecule has 3 N–H and O–H groups in total. The number of allylic oxidation sites excluding steroid dienone is 2. The molecule has 0 saturated heterocycles. The first-order chi connectivity index (χ1) is 16.0. The van der Waals surface area contributed by atoms with Crippen molar-refractivity contribution in [1.82, 2.24) is 10.8 Å². The molecule has 0 spiro atoms. The molecule has 0 saturated carbocycles. The van der Waals surface area contributed by atoms with Crippen molar-refractivity contribution in [3.63, 3.8) is 0 Å². The predicted octanol–water partition coefficient (Wildman–Crippen LogP) is 6.96. The Bertz CT molecular complexity index is 424. The van der Waals surface area contributed by atoms with Gasteiger partial charge in [0.25, 0.3) is 0 Å². The van der Waals surface area contributed by atoms with Crippen LogP contribution in [-0.2, 0) is 14.3 Å². The van der Waals surface area contributed by atoms with Crippen molar-refractivity contribution in [3.05, 3.63) is 12.2 Å². The van der Waals surface area contributed by atoms with Gasteiger partial charge in [0.2, 0.25) is 11.8 Å². The Balaban J connectivity index is -0.000000860. The van der Waals surface area contributed by atoms with Gasteiger partial charge in [-0.25, -0.2) is 5.48 Å². The van der Waals surface area contributed by atoms with E-state index in [1.54, 1.807) is 5.48 Å². The molecule has 0 aromatic carbocycles. The van der Waals surface area contributed by atoms with E-state index in [1.807, 2.05) is 0 Å². The minimum Gasteiger partial charge on any atom is -0.380 e. The fraction of sp³-hybridized carbons (Fsp3) is 0.852. The molecule has 6 nitrogen and oxygen atoms in total. The Kier molecular flexibility index (Phi) is 35.9. The first-order valence-electron chi connectivity index (χ1n) is 13.4. The van der Waals surface area contributed by atoms with Gasteiger partial charge < -0.3 is 10.1 Å². The van der Waals surface area contributed by atoms with Gasteiger partial charge in [0.1, 0.15) is 0 Å². The molecule has 0 fully saturated rings. The number of hydrogen-bond acceptors (Lipinski definition) is 4. The summed E-state index contributed by atoms with van der Waals surface area (Å²) in [6.45, 7) is 14.7. The van der Waals surface area contributed by atoms with Gasteiger partial charge >= 0.3 is 0 Å². The summed E-state index contributed by atoms with van der Waals surface area (Å²) < 4.78 is 5.51. The van der Waals surface area contributed by atoms with Crippen molar-refractivity contribution in [3.8, 4) is 0 Å². The lowest BCUT2D eigenvalue weighted by atomic mass is 9.94. The summed E-state index contributed by atoms with van der Waals surface area (Å²) in [7, 11) is 0. The highest BCUT2D eigenvalue weighted by Gasteiger charge is 2.17. The second kappa shape index (κ2) is 32.8. The van der Waals surface area contributed by atoms with Crippen LogP contribution in [0.25, 0.3) is 0 Å². The molecule has 2 amide bonds. The third-order valence-corrected chi connectivity index (χ3v) is 4.26. The zero-order valence-electron chi connectivity index (χ0n) is 22.7. The molecule has 33 heavy (non-hydrogen) atoms. The van der Waals surface area contributed by atoms with Crippen molar-refractivity contribution in [1.29, 1.82) is 0 Å². The van der Waals surface area contributed by atoms with Gasteiger partial charge in [-0.3, -0.25) is 14.8 Å². The van der Waals surface area contributed by atoms with Crippen molar-refractivity contribution in [2.24, 2.45) is 5.92 Å². The topological polar surface area (TPSA) is 87.7 Å². The zero-order chi connectivity index (χ0) is 25.6. The van der Waals surface area contributed by atoms with Crippen LogP contribution in [0.5, 0.6) is 0 Å². The number of carbonyl (C=O) groups is 2. The fourth-order valence-electron chi connectivity index (χ4n) is 2.81. The molecular formula is C27H56N2O4. The second-order valence-corrected chi connectivity index (χ2v) is 8.40. The maximum Gasteiger partial charge on any atom is 0.243 e. The van der Waals surface area contributed by atoms with Crippen LogP contribution in [0.2, 0.25) is 0 Å². The standard InChI is InChI=1S/C18H32N2O4.3C3H8/c21-17(20-23)12-8-5-7-11-16-10-6-3-1-2-4-9-14-24-15-13-19-18(16)22;3*1-3-2/h1,3,16,23H,2,4-15H2,(H,19,22)(H,20,21);3*3H2,1-2H3/b3-1-;;;. The number of carbonyl (C=O) groups excluding carboxylic acids is 2. The number of ether oxygens (including phenoxy) is 1. The second-order valence-electron chi connectivity index (χ2n) is 8.40. The lowest BCUT2D eigenvalue weighted by Crippen LogP contribution is -2.33. The number of hydrogen-bond donors (Lipinski definition) is 3. The number of rotatable bonds is 6. The van der Waals surface area contributed by atoms with Gasteiger partial charge in [0, 0.05) is 25.5 Å². The van der Waals surface area contributed by atoms with E-state index in [0.29, 0.717) is 19.6 Å². The predicted molar refractivity (Wildman–Crippen MR) is 140 cm³/mol. The zero-order valence-corrected chi connectivity index (χ0v) is 22.7. The quantitative estimate of drug-likeness (QED) is 0.169. The lowest BCUT2D eigenvalue weighted by molar-refractivity contribution is -0.129. The maximum absolute atomic E-state index is 12.3. The van der Waals surface area contributed by atoms with Crippen molar-refractivity contribution < 1.29 is 19.5 Å². The molecule has 0 aromatic heterocycles. The summed E-state index contributed by atoms with van der Waals surface area (Å²) >= 11 is 0. The number of nitrogens with one attached hydrogen (secondary N) is 2. The largest absolute Gasteiger partial charge is 0.380 e. The van der Waals surface area contributed by atoms with Crippen LogP contribution in [0.1, 0.15) is 125 Å². The van der Waals surface area contributed by atoms with Crippen molar-refractivity contribution in [2.45, 2.75) is 125 Å². The third kappa shape index (κ3) is 32.9. The number of amides is 2. The molecule has 0 radical (unpaired) electrons. The fourth-order valence-corrected chi connectivity index (χ4v) is 2.81. The molecule has 0 bridgehead atoms. The van der Waals surface area contributed by atoms with Gasteiger partial charge in [-0.15, -0.1) is 0 Å². The average molecular weight is 473 g/mol. The van der Waals surface area contributed by atoms with Crippen LogP contribution >= 0.6 is 0 Å². The smallest absolute Gasteiger partial charge is 0.243 e. The maximum atomic E-state index is 12.3. The van der Waals surface area contributed by atoms with Crippen LogP contribution in [0, 0.1) is 5.92 Å². The Hall–Kier alpha value is -1.40. The van der Waals surface area contributed by atoms with Crippen LogP contribution in [-0.4, -0.2) is 36.8 Å². The van der Waals surface area contributed by atoms with E-state index in [1.165, 1.54) is 19.3 Å². The van der Waals surface area contributed by atoms with E-state index < -0.39 is 0 Å². The highest BCUT2D eigenvalue weighted by atomic mass is 16.5. The third-order valence-electron chi connectivity index (χ3n) is 4.26. The minimum atomic E-state index is -0.351. The molecule has 6 heteroatoms. The van der Waals surface area contributed by atoms with Crippen molar-refractivity contribution in [2.75, 3.05) is 19.8 Å². The van der Waals surface area contributed by atoms with Crippen LogP contribution in [0.3, 0.4) is 0 Å². The van der Waals surface area contributed by atoms with E-state index in [9.17, 15) is 9.59 Å². The number of hydroxylamine groups is 1. The highest BCUT2D eigenvalue weighted by molar-refractivity contribution is 5.78. The summed E-state index contributed by atoms with van der Waals surface area (Å²) in [6.07, 6.45) is 16.9. The van der Waals surface area contributed by atoms with Crippen LogP contribution in [0.15, 0.2) is 12.2 Å². The normalized spacial score (nSPS) is 17.8. The summed E-state index contributed by atoms with van der Waals surface area (Å²) in [5, 5.41) is 11.4. The molecule has 0 aliphatic carbocycles. The molecule has 0 aromatic rings. The van der Waals surface area contributed by atoms with E-state index >= 15 is 0 Å². The summed E-state index contributed by atoms with van der Waals surface area (Å²) in [5.74, 6) is -0.225. The molecule has 198 valence electrons. The molecule has 1 rings (SSSR count). The Morgan fingerprint density at radius 1 is 0.970 bits per heavy atom. The molecule has 1 aliphatic heterocycles. The Labute approximate surface area is 205 Å². The highest BCUT2D eigenvalue weighted by Crippen LogP contribution is 2.17. The van der Waals surface area contributed by atoms with Crippen LogP contribution < -0.4 is 10.8 Å². The molecular weight excluding hydrogens is 416 g/mol. The summed E-state index contributed by atoms with van der Waals surface area (Å²) in [5.41, 5.74) is 1.64. The van der Waals surface area contributed by atoms with E-state index in [0.717, 1.165) is 64.4 Å². The van der Waals surface area contributed by atoms with Gasteiger partial charge in [-0.2, -0.15) is 0 Å². The minimum absolute atomic E-state index is 0.0178. The van der Waals surface area contributed by atoms with E-state index in [-0.39, 0.29) is 17.7 Å². The van der Waals surface area contributed by atoms with Gasteiger partial charge in [0.15, 0.2) is 0 Å². The molecule has 1 atom stereocenters. The Morgan fingerprint density at radius 2 is 1.58 bits per heavy atom. The first-order valence-corrected chi connectivity index (χ1v) is 13.4. The van der Waals surface area contributed by atoms with Gasteiger partial charge in [-0.1, -0.05) is 85.8 Å². The molecule has 1 aliphatic rings. The molecule has 1 unspecified atom stereocenters. The lowest BCUT2D eigenvalue weighted by Gasteiger charge is -2.16. The monoisotopic (exact) mass is 472 g/mol. The number of unbranched alkanes of at least 4 members (excludes halogenated alkanes) is 2. The molecule has 1 heterocycles. The van der Waals surface area contributed by atoms with Gasteiger partial charge in [-0.05, 0) is 44.9 Å². The first kappa shape index (κ1) is 36.2. The average Bonchev–Trinajstić information content (AvgIpc) is 2.79. The van der Waals surface area contributed by atoms with Crippen molar-refractivity contribution >= 4 is 11.8 Å². The van der Waals surface area contributed by atoms with E-state index in [4.69, 9.17) is 9.94 Å². The van der Waals surface area contributed by atoms with E-state index in [2.05, 4.69) is 59.0 Å². The summed E-state index contributed by atoms with van der Waals surface area (Å²) in [6, 6.07) is 0.